The van der Waals surface area contributed by atoms with E-state index in [0.717, 1.165) is 43.3 Å². The second-order valence-electron chi connectivity index (χ2n) is 7.91. The van der Waals surface area contributed by atoms with Gasteiger partial charge in [-0.05, 0) is 44.7 Å². The van der Waals surface area contributed by atoms with Gasteiger partial charge in [0.25, 0.3) is 0 Å². The minimum atomic E-state index is 0. The molecule has 5 atom stereocenters. The number of nitrogens with zero attached hydrogens (tertiary/aromatic N) is 3. The molecule has 4 saturated heterocycles. The Hall–Kier alpha value is -0.0800. The molecular formula is C18H33IN4O. The van der Waals surface area contributed by atoms with Crippen LogP contribution in [0.1, 0.15) is 32.6 Å². The molecule has 0 amide bonds. The van der Waals surface area contributed by atoms with Crippen LogP contribution in [0, 0.1) is 17.8 Å². The van der Waals surface area contributed by atoms with Crippen LogP contribution in [0.25, 0.3) is 0 Å². The molecule has 24 heavy (non-hydrogen) atoms. The van der Waals surface area contributed by atoms with Gasteiger partial charge in [0.2, 0.25) is 0 Å². The standard InChI is InChI=1S/C18H32N4O.HI/c1-3-7-21-8-6-13(10-21)9-20-18(19-2)22-11-14-15(12-22)17-5-4-16(14)23-17;/h13-17H,3-12H2,1-2H3,(H,19,20);1H. The number of likely N-dealkylation sites (tertiary alicyclic amines) is 2. The Kier molecular flexibility index (Phi) is 6.30. The molecule has 5 nitrogen and oxygen atoms in total. The predicted octanol–water partition coefficient (Wildman–Crippen LogP) is 2.02. The lowest BCUT2D eigenvalue weighted by Crippen LogP contribution is -2.43. The highest BCUT2D eigenvalue weighted by Gasteiger charge is 2.53. The SMILES string of the molecule is CCCN1CCC(CNC(=NC)N2CC3C4CCC(O4)C3C2)C1.I. The summed E-state index contributed by atoms with van der Waals surface area (Å²) in [5.74, 6) is 3.39. The topological polar surface area (TPSA) is 40.1 Å². The number of hydrogen-bond donors (Lipinski definition) is 1. The molecule has 0 aliphatic carbocycles. The first-order valence-corrected chi connectivity index (χ1v) is 9.62. The first-order chi connectivity index (χ1) is 11.3. The van der Waals surface area contributed by atoms with Gasteiger partial charge in [-0.25, -0.2) is 0 Å². The number of hydrogen-bond acceptors (Lipinski definition) is 3. The lowest BCUT2D eigenvalue weighted by Gasteiger charge is -2.24. The van der Waals surface area contributed by atoms with Crippen molar-refractivity contribution in [3.63, 3.8) is 0 Å². The Balaban J connectivity index is 0.00000169. The van der Waals surface area contributed by atoms with Crippen LogP contribution in [0.5, 0.6) is 0 Å². The molecule has 4 aliphatic heterocycles. The van der Waals surface area contributed by atoms with Crippen molar-refractivity contribution in [3.8, 4) is 0 Å². The van der Waals surface area contributed by atoms with Crippen LogP contribution in [0.3, 0.4) is 0 Å². The van der Waals surface area contributed by atoms with Crippen LogP contribution < -0.4 is 5.32 Å². The summed E-state index contributed by atoms with van der Waals surface area (Å²) in [6, 6.07) is 0. The Morgan fingerprint density at radius 1 is 1.12 bits per heavy atom. The molecule has 2 bridgehead atoms. The maximum absolute atomic E-state index is 6.08. The fraction of sp³-hybridized carbons (Fsp3) is 0.944. The van der Waals surface area contributed by atoms with Crippen LogP contribution >= 0.6 is 24.0 Å². The zero-order valence-corrected chi connectivity index (χ0v) is 17.4. The average Bonchev–Trinajstić information content (AvgIpc) is 3.30. The number of nitrogens with one attached hydrogen (secondary N) is 1. The Labute approximate surface area is 163 Å². The van der Waals surface area contributed by atoms with Crippen molar-refractivity contribution in [2.45, 2.75) is 44.8 Å². The van der Waals surface area contributed by atoms with E-state index in [-0.39, 0.29) is 24.0 Å². The number of rotatable bonds is 4. The highest BCUT2D eigenvalue weighted by atomic mass is 127. The van der Waals surface area contributed by atoms with Gasteiger partial charge in [0.05, 0.1) is 12.2 Å². The fourth-order valence-corrected chi connectivity index (χ4v) is 5.30. The van der Waals surface area contributed by atoms with Crippen LogP contribution in [-0.4, -0.2) is 74.3 Å². The summed E-state index contributed by atoms with van der Waals surface area (Å²) in [4.78, 5) is 9.65. The Morgan fingerprint density at radius 3 is 2.46 bits per heavy atom. The van der Waals surface area contributed by atoms with Gasteiger partial charge in [0.1, 0.15) is 0 Å². The smallest absolute Gasteiger partial charge is 0.193 e. The van der Waals surface area contributed by atoms with Gasteiger partial charge in [-0.2, -0.15) is 0 Å². The maximum atomic E-state index is 6.08. The molecule has 0 spiro atoms. The van der Waals surface area contributed by atoms with Gasteiger partial charge < -0.3 is 19.9 Å². The van der Waals surface area contributed by atoms with E-state index in [2.05, 4.69) is 27.0 Å². The van der Waals surface area contributed by atoms with Crippen molar-refractivity contribution in [1.29, 1.82) is 0 Å². The third-order valence-corrected chi connectivity index (χ3v) is 6.42. The molecule has 0 aromatic carbocycles. The molecule has 1 N–H and O–H groups in total. The summed E-state index contributed by atoms with van der Waals surface area (Å²) < 4.78 is 6.08. The lowest BCUT2D eigenvalue weighted by atomic mass is 9.82. The van der Waals surface area contributed by atoms with E-state index >= 15 is 0 Å². The number of aliphatic imine (C=N–C) groups is 1. The van der Waals surface area contributed by atoms with E-state index in [9.17, 15) is 0 Å². The number of guanidine groups is 1. The second kappa shape index (κ2) is 8.08. The van der Waals surface area contributed by atoms with E-state index in [1.54, 1.807) is 0 Å². The van der Waals surface area contributed by atoms with Crippen LogP contribution in [0.2, 0.25) is 0 Å². The molecule has 0 aromatic rings. The zero-order valence-electron chi connectivity index (χ0n) is 15.1. The largest absolute Gasteiger partial charge is 0.374 e. The quantitative estimate of drug-likeness (QED) is 0.406. The van der Waals surface area contributed by atoms with Gasteiger partial charge in [-0.1, -0.05) is 6.92 Å². The van der Waals surface area contributed by atoms with Crippen molar-refractivity contribution >= 4 is 29.9 Å². The van der Waals surface area contributed by atoms with E-state index in [4.69, 9.17) is 4.74 Å². The average molecular weight is 448 g/mol. The summed E-state index contributed by atoms with van der Waals surface area (Å²) in [5, 5.41) is 3.66. The van der Waals surface area contributed by atoms with E-state index in [1.165, 1.54) is 45.3 Å². The molecule has 0 aromatic heterocycles. The summed E-state index contributed by atoms with van der Waals surface area (Å²) in [7, 11) is 1.93. The minimum Gasteiger partial charge on any atom is -0.374 e. The van der Waals surface area contributed by atoms with Gasteiger partial charge in [0, 0.05) is 45.1 Å². The zero-order chi connectivity index (χ0) is 15.8. The van der Waals surface area contributed by atoms with Gasteiger partial charge in [-0.3, -0.25) is 4.99 Å². The molecule has 4 heterocycles. The molecule has 138 valence electrons. The first kappa shape index (κ1) is 18.7. The molecule has 4 aliphatic rings. The summed E-state index contributed by atoms with van der Waals surface area (Å²) in [6.45, 7) is 9.39. The van der Waals surface area contributed by atoms with Crippen LogP contribution in [-0.2, 0) is 4.74 Å². The molecular weight excluding hydrogens is 415 g/mol. The molecule has 5 unspecified atom stereocenters. The highest BCUT2D eigenvalue weighted by molar-refractivity contribution is 14.0. The van der Waals surface area contributed by atoms with Crippen molar-refractivity contribution in [3.05, 3.63) is 0 Å². The first-order valence-electron chi connectivity index (χ1n) is 9.62. The van der Waals surface area contributed by atoms with Crippen molar-refractivity contribution < 1.29 is 4.74 Å². The summed E-state index contributed by atoms with van der Waals surface area (Å²) >= 11 is 0. The van der Waals surface area contributed by atoms with E-state index < -0.39 is 0 Å². The summed E-state index contributed by atoms with van der Waals surface area (Å²) in [5.41, 5.74) is 0. The molecule has 0 saturated carbocycles. The highest BCUT2D eigenvalue weighted by Crippen LogP contribution is 2.47. The van der Waals surface area contributed by atoms with Crippen LogP contribution in [0.4, 0.5) is 0 Å². The number of ether oxygens (including phenoxy) is 1. The monoisotopic (exact) mass is 448 g/mol. The van der Waals surface area contributed by atoms with Crippen LogP contribution in [0.15, 0.2) is 4.99 Å². The van der Waals surface area contributed by atoms with Crippen molar-refractivity contribution in [2.24, 2.45) is 22.7 Å². The normalized spacial score (nSPS) is 38.5. The lowest BCUT2D eigenvalue weighted by molar-refractivity contribution is 0.0767. The molecule has 4 rings (SSSR count). The van der Waals surface area contributed by atoms with E-state index in [1.807, 2.05) is 7.05 Å². The van der Waals surface area contributed by atoms with Gasteiger partial charge in [-0.15, -0.1) is 24.0 Å². The molecule has 4 fully saturated rings. The fourth-order valence-electron chi connectivity index (χ4n) is 5.30. The number of fused-ring (bicyclic) bond motifs is 5. The third kappa shape index (κ3) is 3.56. The van der Waals surface area contributed by atoms with Gasteiger partial charge in [0.15, 0.2) is 5.96 Å². The molecule has 6 heteroatoms. The Morgan fingerprint density at radius 2 is 1.83 bits per heavy atom. The minimum absolute atomic E-state index is 0. The molecule has 0 radical (unpaired) electrons. The Bertz CT molecular complexity index is 442. The van der Waals surface area contributed by atoms with E-state index in [0.29, 0.717) is 12.2 Å². The van der Waals surface area contributed by atoms with Crippen molar-refractivity contribution in [1.82, 2.24) is 15.1 Å². The summed E-state index contributed by atoms with van der Waals surface area (Å²) in [6.07, 6.45) is 6.22. The predicted molar refractivity (Wildman–Crippen MR) is 108 cm³/mol. The third-order valence-electron chi connectivity index (χ3n) is 6.42. The second-order valence-corrected chi connectivity index (χ2v) is 7.91. The van der Waals surface area contributed by atoms with Gasteiger partial charge >= 0.3 is 0 Å². The van der Waals surface area contributed by atoms with Crippen molar-refractivity contribution in [2.75, 3.05) is 46.3 Å². The maximum Gasteiger partial charge on any atom is 0.193 e. The number of halogens is 1.